The maximum absolute atomic E-state index is 15.5. The Hall–Kier alpha value is -5.37. The Morgan fingerprint density at radius 1 is 0.852 bits per heavy atom. The van der Waals surface area contributed by atoms with Gasteiger partial charge in [-0.1, -0.05) is 12.1 Å². The average Bonchev–Trinajstić information content (AvgIpc) is 3.32. The number of hydrogen-bond acceptors (Lipinski definition) is 11. The fourth-order valence-electron chi connectivity index (χ4n) is 6.22. The minimum absolute atomic E-state index is 0.0108. The molecule has 14 heteroatoms. The molecule has 0 spiro atoms. The van der Waals surface area contributed by atoms with Crippen molar-refractivity contribution < 1.29 is 56.7 Å². The third-order valence-electron chi connectivity index (χ3n) is 9.02. The highest BCUT2D eigenvalue weighted by Crippen LogP contribution is 2.39. The van der Waals surface area contributed by atoms with Crippen molar-refractivity contribution in [2.45, 2.75) is 72.1 Å². The third-order valence-corrected chi connectivity index (χ3v) is 9.02. The van der Waals surface area contributed by atoms with Gasteiger partial charge in [0, 0.05) is 37.4 Å². The number of nitrogens with zero attached hydrogens (tertiary/aromatic N) is 1. The molecule has 1 saturated heterocycles. The van der Waals surface area contributed by atoms with Gasteiger partial charge in [-0.05, 0) is 89.3 Å². The van der Waals surface area contributed by atoms with E-state index >= 15 is 4.39 Å². The maximum Gasteiger partial charge on any atom is 0.410 e. The smallest absolute Gasteiger partial charge is 0.410 e. The van der Waals surface area contributed by atoms with Crippen LogP contribution < -0.4 is 24.3 Å². The van der Waals surface area contributed by atoms with Gasteiger partial charge in [0.15, 0.2) is 29.9 Å². The van der Waals surface area contributed by atoms with E-state index in [-0.39, 0.29) is 47.3 Å². The molecule has 1 N–H and O–H groups in total. The third kappa shape index (κ3) is 9.40. The summed E-state index contributed by atoms with van der Waals surface area (Å²) in [7, 11) is 5.40. The summed E-state index contributed by atoms with van der Waals surface area (Å²) < 4.78 is 53.4. The van der Waals surface area contributed by atoms with Gasteiger partial charge in [-0.3, -0.25) is 9.59 Å². The SMILES string of the molecule is COCOc1cc(C)c(C(=O)N[C@@H]2CN(C(=O)OC(C)(C)C)CCC[C@H]2OC(=O)c2ccc(C(=O)c3c(OC)cc(OC)c(OC)c3F)cc2)c(C)c1C. The van der Waals surface area contributed by atoms with Gasteiger partial charge in [0.1, 0.15) is 28.8 Å². The predicted octanol–water partition coefficient (Wildman–Crippen LogP) is 6.35. The van der Waals surface area contributed by atoms with E-state index in [1.807, 2.05) is 13.8 Å². The second-order valence-electron chi connectivity index (χ2n) is 13.9. The summed E-state index contributed by atoms with van der Waals surface area (Å²) in [4.78, 5) is 55.8. The molecule has 0 bridgehead atoms. The van der Waals surface area contributed by atoms with Crippen LogP contribution >= 0.6 is 0 Å². The molecule has 292 valence electrons. The van der Waals surface area contributed by atoms with E-state index in [9.17, 15) is 19.2 Å². The number of hydrogen-bond donors (Lipinski definition) is 1. The number of nitrogens with one attached hydrogen (secondary N) is 1. The topological polar surface area (TPSA) is 148 Å². The molecule has 0 aromatic heterocycles. The van der Waals surface area contributed by atoms with E-state index in [2.05, 4.69) is 5.32 Å². The van der Waals surface area contributed by atoms with Crippen LogP contribution in [0.2, 0.25) is 0 Å². The molecule has 1 fully saturated rings. The quantitative estimate of drug-likeness (QED) is 0.125. The average molecular weight is 753 g/mol. The highest BCUT2D eigenvalue weighted by molar-refractivity contribution is 6.11. The van der Waals surface area contributed by atoms with E-state index in [0.29, 0.717) is 41.8 Å². The Morgan fingerprint density at radius 3 is 2.09 bits per heavy atom. The molecular weight excluding hydrogens is 703 g/mol. The van der Waals surface area contributed by atoms with Crippen LogP contribution in [0.15, 0.2) is 36.4 Å². The number of halogens is 1. The first-order chi connectivity index (χ1) is 25.5. The molecule has 3 aromatic rings. The second-order valence-corrected chi connectivity index (χ2v) is 13.9. The molecule has 0 saturated carbocycles. The van der Waals surface area contributed by atoms with Crippen molar-refractivity contribution >= 4 is 23.8 Å². The summed E-state index contributed by atoms with van der Waals surface area (Å²) in [6.45, 7) is 11.1. The summed E-state index contributed by atoms with van der Waals surface area (Å²) in [6.07, 6.45) is -0.616. The van der Waals surface area contributed by atoms with Crippen LogP contribution in [0.4, 0.5) is 9.18 Å². The Labute approximate surface area is 314 Å². The van der Waals surface area contributed by atoms with Crippen molar-refractivity contribution in [2.24, 2.45) is 0 Å². The van der Waals surface area contributed by atoms with Gasteiger partial charge in [0.2, 0.25) is 0 Å². The molecule has 3 aromatic carbocycles. The second kappa shape index (κ2) is 17.6. The van der Waals surface area contributed by atoms with Gasteiger partial charge >= 0.3 is 12.1 Å². The minimum atomic E-state index is -0.958. The van der Waals surface area contributed by atoms with E-state index in [4.69, 9.17) is 33.2 Å². The zero-order valence-corrected chi connectivity index (χ0v) is 32.5. The summed E-state index contributed by atoms with van der Waals surface area (Å²) in [5, 5.41) is 3.03. The monoisotopic (exact) mass is 752 g/mol. The number of likely N-dealkylation sites (tertiary alicyclic amines) is 1. The number of esters is 1. The lowest BCUT2D eigenvalue weighted by Gasteiger charge is -2.31. The van der Waals surface area contributed by atoms with Crippen molar-refractivity contribution in [3.05, 3.63) is 81.2 Å². The van der Waals surface area contributed by atoms with Gasteiger partial charge in [-0.25, -0.2) is 14.0 Å². The summed E-state index contributed by atoms with van der Waals surface area (Å²) >= 11 is 0. The molecule has 1 aliphatic heterocycles. The Balaban J connectivity index is 1.61. The molecule has 0 radical (unpaired) electrons. The van der Waals surface area contributed by atoms with E-state index in [0.717, 1.165) is 5.56 Å². The molecule has 0 unspecified atom stereocenters. The molecule has 1 aliphatic rings. The highest BCUT2D eigenvalue weighted by atomic mass is 19.1. The number of rotatable bonds is 12. The van der Waals surface area contributed by atoms with Crippen LogP contribution in [0.5, 0.6) is 23.0 Å². The number of carbonyl (C=O) groups excluding carboxylic acids is 4. The molecule has 0 aliphatic carbocycles. The van der Waals surface area contributed by atoms with E-state index in [1.165, 1.54) is 63.7 Å². The van der Waals surface area contributed by atoms with Crippen molar-refractivity contribution in [3.63, 3.8) is 0 Å². The van der Waals surface area contributed by atoms with Crippen LogP contribution in [0.3, 0.4) is 0 Å². The first-order valence-corrected chi connectivity index (χ1v) is 17.4. The maximum atomic E-state index is 15.5. The van der Waals surface area contributed by atoms with Crippen LogP contribution in [0.25, 0.3) is 0 Å². The zero-order valence-electron chi connectivity index (χ0n) is 32.5. The van der Waals surface area contributed by atoms with Gasteiger partial charge in [-0.15, -0.1) is 0 Å². The Kier molecular flexibility index (Phi) is 13.5. The number of amides is 2. The fraction of sp³-hybridized carbons (Fsp3) is 0.450. The summed E-state index contributed by atoms with van der Waals surface area (Å²) in [6, 6.07) is 7.82. The first kappa shape index (κ1) is 41.4. The Bertz CT molecular complexity index is 1870. The lowest BCUT2D eigenvalue weighted by Crippen LogP contribution is -2.52. The number of aryl methyl sites for hydroxylation is 1. The number of ketones is 1. The van der Waals surface area contributed by atoms with Gasteiger partial charge in [-0.2, -0.15) is 0 Å². The lowest BCUT2D eigenvalue weighted by molar-refractivity contribution is 0.0127. The van der Waals surface area contributed by atoms with Crippen LogP contribution in [-0.4, -0.2) is 94.7 Å². The van der Waals surface area contributed by atoms with Crippen molar-refractivity contribution in [1.29, 1.82) is 0 Å². The van der Waals surface area contributed by atoms with Gasteiger partial charge in [0.05, 0.1) is 32.9 Å². The summed E-state index contributed by atoms with van der Waals surface area (Å²) in [5.74, 6) is -2.48. The predicted molar refractivity (Wildman–Crippen MR) is 197 cm³/mol. The fourth-order valence-corrected chi connectivity index (χ4v) is 6.22. The van der Waals surface area contributed by atoms with Crippen molar-refractivity contribution in [3.8, 4) is 23.0 Å². The summed E-state index contributed by atoms with van der Waals surface area (Å²) in [5.41, 5.74) is 1.61. The molecule has 2 amide bonds. The van der Waals surface area contributed by atoms with Crippen LogP contribution in [-0.2, 0) is 14.2 Å². The van der Waals surface area contributed by atoms with Crippen LogP contribution in [0, 0.1) is 26.6 Å². The molecule has 4 rings (SSSR count). The number of methoxy groups -OCH3 is 4. The molecule has 1 heterocycles. The zero-order chi connectivity index (χ0) is 39.9. The molecule has 54 heavy (non-hydrogen) atoms. The standard InChI is InChI=1S/C40H49FN2O11/c1-22-18-29(52-21-48-7)23(2)24(3)32(22)37(45)42-27-20-43(39(47)54-40(4,5)6)17-11-12-28(27)53-38(46)26-15-13-25(14-16-26)35(44)33-30(49-8)19-31(50-9)36(51-10)34(33)41/h13-16,18-19,27-28H,11-12,17,20-21H2,1-10H3,(H,42,45)/t27-,28-/m1/s1. The highest BCUT2D eigenvalue weighted by Gasteiger charge is 2.36. The number of benzene rings is 3. The molecule has 13 nitrogen and oxygen atoms in total. The van der Waals surface area contributed by atoms with Gasteiger partial charge < -0.3 is 43.4 Å². The molecular formula is C40H49FN2O11. The Morgan fingerprint density at radius 2 is 1.50 bits per heavy atom. The van der Waals surface area contributed by atoms with E-state index in [1.54, 1.807) is 33.8 Å². The first-order valence-electron chi connectivity index (χ1n) is 17.4. The van der Waals surface area contributed by atoms with Crippen LogP contribution in [0.1, 0.15) is 86.9 Å². The normalized spacial score (nSPS) is 15.8. The van der Waals surface area contributed by atoms with Crippen molar-refractivity contribution in [1.82, 2.24) is 10.2 Å². The van der Waals surface area contributed by atoms with E-state index < -0.39 is 47.3 Å². The van der Waals surface area contributed by atoms with Gasteiger partial charge in [0.25, 0.3) is 5.91 Å². The molecule has 2 atom stereocenters. The number of ether oxygens (including phenoxy) is 7. The number of carbonyl (C=O) groups is 4. The lowest BCUT2D eigenvalue weighted by atomic mass is 9.96. The largest absolute Gasteiger partial charge is 0.496 e. The minimum Gasteiger partial charge on any atom is -0.496 e. The van der Waals surface area contributed by atoms with Crippen molar-refractivity contribution in [2.75, 3.05) is 48.3 Å².